The number of pyridine rings is 1. The number of carbonyl (C=O) groups excluding carboxylic acids is 2. The van der Waals surface area contributed by atoms with Gasteiger partial charge >= 0.3 is 12.1 Å². The molecular weight excluding hydrogens is 380 g/mol. The van der Waals surface area contributed by atoms with Crippen molar-refractivity contribution in [1.29, 1.82) is 0 Å². The summed E-state index contributed by atoms with van der Waals surface area (Å²) in [7, 11) is 0. The molecule has 2 aromatic rings. The molecule has 1 N–H and O–H groups in total. The molecule has 28 heavy (non-hydrogen) atoms. The second kappa shape index (κ2) is 9.55. The van der Waals surface area contributed by atoms with Crippen molar-refractivity contribution in [3.8, 4) is 0 Å². The molecule has 0 aliphatic carbocycles. The summed E-state index contributed by atoms with van der Waals surface area (Å²) < 4.78 is 10.5. The van der Waals surface area contributed by atoms with Gasteiger partial charge in [-0.1, -0.05) is 41.9 Å². The first kappa shape index (κ1) is 21.7. The van der Waals surface area contributed by atoms with Crippen molar-refractivity contribution in [1.82, 2.24) is 10.3 Å². The average molecular weight is 405 g/mol. The van der Waals surface area contributed by atoms with Gasteiger partial charge < -0.3 is 14.8 Å². The molecule has 1 heterocycles. The summed E-state index contributed by atoms with van der Waals surface area (Å²) >= 11 is 6.04. The highest BCUT2D eigenvalue weighted by atomic mass is 35.5. The number of ether oxygens (including phenoxy) is 2. The van der Waals surface area contributed by atoms with Crippen LogP contribution in [0.5, 0.6) is 0 Å². The zero-order valence-corrected chi connectivity index (χ0v) is 17.2. The highest BCUT2D eigenvalue weighted by Crippen LogP contribution is 2.24. The third kappa shape index (κ3) is 6.53. The van der Waals surface area contributed by atoms with E-state index in [1.54, 1.807) is 27.7 Å². The van der Waals surface area contributed by atoms with E-state index in [2.05, 4.69) is 10.3 Å². The van der Waals surface area contributed by atoms with Gasteiger partial charge in [0.2, 0.25) is 0 Å². The van der Waals surface area contributed by atoms with Crippen molar-refractivity contribution in [2.45, 2.75) is 45.8 Å². The van der Waals surface area contributed by atoms with Gasteiger partial charge in [-0.25, -0.2) is 9.59 Å². The van der Waals surface area contributed by atoms with Crippen molar-refractivity contribution in [3.63, 3.8) is 0 Å². The Morgan fingerprint density at radius 1 is 1.21 bits per heavy atom. The Bertz CT molecular complexity index is 819. The Balaban J connectivity index is 2.40. The van der Waals surface area contributed by atoms with E-state index < -0.39 is 23.7 Å². The normalized spacial score (nSPS) is 12.2. The number of halogens is 1. The van der Waals surface area contributed by atoms with Crippen LogP contribution in [0.1, 0.15) is 55.4 Å². The monoisotopic (exact) mass is 404 g/mol. The predicted molar refractivity (Wildman–Crippen MR) is 107 cm³/mol. The van der Waals surface area contributed by atoms with E-state index in [4.69, 9.17) is 21.1 Å². The van der Waals surface area contributed by atoms with Crippen LogP contribution in [-0.4, -0.2) is 29.3 Å². The number of hydrogen-bond acceptors (Lipinski definition) is 5. The number of nitrogens with zero attached hydrogens (tertiary/aromatic N) is 1. The number of aromatic nitrogens is 1. The molecule has 0 aliphatic heterocycles. The van der Waals surface area contributed by atoms with Crippen molar-refractivity contribution >= 4 is 23.7 Å². The van der Waals surface area contributed by atoms with E-state index in [-0.39, 0.29) is 12.2 Å². The summed E-state index contributed by atoms with van der Waals surface area (Å²) in [5.74, 6) is -0.545. The Morgan fingerprint density at radius 3 is 2.50 bits per heavy atom. The van der Waals surface area contributed by atoms with Crippen LogP contribution in [0.15, 0.2) is 42.6 Å². The fraction of sp³-hybridized carbons (Fsp3) is 0.381. The SMILES string of the molecule is CCOC(=O)c1cc(Cl)cnc1[C@H](Cc1ccccc1)NC(=O)OC(C)(C)C. The van der Waals surface area contributed by atoms with Crippen LogP contribution >= 0.6 is 11.6 Å². The van der Waals surface area contributed by atoms with E-state index in [9.17, 15) is 9.59 Å². The zero-order chi connectivity index (χ0) is 20.7. The molecule has 0 radical (unpaired) electrons. The van der Waals surface area contributed by atoms with Gasteiger partial charge in [0.25, 0.3) is 0 Å². The number of esters is 1. The molecule has 0 spiro atoms. The Kier molecular flexibility index (Phi) is 7.40. The Morgan fingerprint density at radius 2 is 1.89 bits per heavy atom. The molecular formula is C21H25ClN2O4. The fourth-order valence-corrected chi connectivity index (χ4v) is 2.77. The van der Waals surface area contributed by atoms with E-state index in [0.29, 0.717) is 17.1 Å². The quantitative estimate of drug-likeness (QED) is 0.705. The first-order chi connectivity index (χ1) is 13.2. The lowest BCUT2D eigenvalue weighted by atomic mass is 9.99. The molecule has 1 aromatic carbocycles. The van der Waals surface area contributed by atoms with E-state index in [1.807, 2.05) is 30.3 Å². The molecule has 1 amide bonds. The average Bonchev–Trinajstić information content (AvgIpc) is 2.60. The van der Waals surface area contributed by atoms with Gasteiger partial charge in [0, 0.05) is 6.20 Å². The van der Waals surface area contributed by atoms with E-state index in [1.165, 1.54) is 12.3 Å². The highest BCUT2D eigenvalue weighted by molar-refractivity contribution is 6.30. The minimum absolute atomic E-state index is 0.214. The largest absolute Gasteiger partial charge is 0.462 e. The maximum absolute atomic E-state index is 12.4. The molecule has 1 atom stereocenters. The van der Waals surface area contributed by atoms with Crippen LogP contribution in [0.3, 0.4) is 0 Å². The molecule has 1 aromatic heterocycles. The Labute approximate surface area is 170 Å². The fourth-order valence-electron chi connectivity index (χ4n) is 2.62. The first-order valence-electron chi connectivity index (χ1n) is 9.05. The summed E-state index contributed by atoms with van der Waals surface area (Å²) in [6.45, 7) is 7.28. The van der Waals surface area contributed by atoms with Crippen molar-refractivity contribution in [2.24, 2.45) is 0 Å². The van der Waals surface area contributed by atoms with Crippen LogP contribution in [0.4, 0.5) is 4.79 Å². The third-order valence-corrected chi connectivity index (χ3v) is 3.89. The minimum atomic E-state index is -0.654. The Hall–Kier alpha value is -2.60. The summed E-state index contributed by atoms with van der Waals surface area (Å²) in [6.07, 6.45) is 1.26. The third-order valence-electron chi connectivity index (χ3n) is 3.68. The van der Waals surface area contributed by atoms with Gasteiger partial charge in [-0.2, -0.15) is 0 Å². The molecule has 2 rings (SSSR count). The zero-order valence-electron chi connectivity index (χ0n) is 16.5. The second-order valence-corrected chi connectivity index (χ2v) is 7.63. The van der Waals surface area contributed by atoms with E-state index >= 15 is 0 Å². The van der Waals surface area contributed by atoms with Crippen molar-refractivity contribution < 1.29 is 19.1 Å². The number of benzene rings is 1. The van der Waals surface area contributed by atoms with Gasteiger partial charge in [0.15, 0.2) is 0 Å². The van der Waals surface area contributed by atoms with Gasteiger partial charge in [0.05, 0.1) is 28.9 Å². The second-order valence-electron chi connectivity index (χ2n) is 7.20. The molecule has 0 bridgehead atoms. The topological polar surface area (TPSA) is 77.5 Å². The lowest BCUT2D eigenvalue weighted by Gasteiger charge is -2.24. The summed E-state index contributed by atoms with van der Waals surface area (Å²) in [5, 5.41) is 3.13. The number of amides is 1. The number of rotatable bonds is 6. The molecule has 0 aliphatic rings. The molecule has 7 heteroatoms. The maximum atomic E-state index is 12.4. The number of hydrogen-bond donors (Lipinski definition) is 1. The van der Waals surface area contributed by atoms with Gasteiger partial charge in [-0.3, -0.25) is 4.98 Å². The van der Waals surface area contributed by atoms with Gasteiger partial charge in [-0.15, -0.1) is 0 Å². The van der Waals surface area contributed by atoms with Crippen LogP contribution in [0.2, 0.25) is 5.02 Å². The number of alkyl carbamates (subject to hydrolysis) is 1. The highest BCUT2D eigenvalue weighted by Gasteiger charge is 2.26. The summed E-state index contributed by atoms with van der Waals surface area (Å²) in [5.41, 5.74) is 0.901. The van der Waals surface area contributed by atoms with Crippen molar-refractivity contribution in [2.75, 3.05) is 6.61 Å². The molecule has 0 fully saturated rings. The summed E-state index contributed by atoms with van der Waals surface area (Å²) in [6, 6.07) is 10.5. The number of carbonyl (C=O) groups is 2. The van der Waals surface area contributed by atoms with Crippen molar-refractivity contribution in [3.05, 3.63) is 64.4 Å². The molecule has 150 valence electrons. The molecule has 0 saturated heterocycles. The van der Waals surface area contributed by atoms with Gasteiger partial charge in [-0.05, 0) is 45.7 Å². The standard InChI is InChI=1S/C21H25ClN2O4/c1-5-27-19(25)16-12-15(22)13-23-18(16)17(11-14-9-7-6-8-10-14)24-20(26)28-21(2,3)4/h6-10,12-13,17H,5,11H2,1-4H3,(H,24,26)/t17-/m0/s1. The maximum Gasteiger partial charge on any atom is 0.408 e. The minimum Gasteiger partial charge on any atom is -0.462 e. The lowest BCUT2D eigenvalue weighted by molar-refractivity contribution is 0.0484. The number of nitrogens with one attached hydrogen (secondary N) is 1. The smallest absolute Gasteiger partial charge is 0.408 e. The van der Waals surface area contributed by atoms with Crippen LogP contribution < -0.4 is 5.32 Å². The molecule has 0 saturated carbocycles. The predicted octanol–water partition coefficient (Wildman–Crippen LogP) is 4.72. The van der Waals surface area contributed by atoms with Crippen LogP contribution in [0, 0.1) is 0 Å². The van der Waals surface area contributed by atoms with Crippen LogP contribution in [-0.2, 0) is 15.9 Å². The van der Waals surface area contributed by atoms with Gasteiger partial charge in [0.1, 0.15) is 5.60 Å². The van der Waals surface area contributed by atoms with E-state index in [0.717, 1.165) is 5.56 Å². The molecule has 0 unspecified atom stereocenters. The summed E-state index contributed by atoms with van der Waals surface area (Å²) in [4.78, 5) is 29.2. The first-order valence-corrected chi connectivity index (χ1v) is 9.43. The molecule has 6 nitrogen and oxygen atoms in total. The lowest BCUT2D eigenvalue weighted by Crippen LogP contribution is -2.36. The van der Waals surface area contributed by atoms with Crippen LogP contribution in [0.25, 0.3) is 0 Å².